The summed E-state index contributed by atoms with van der Waals surface area (Å²) in [7, 11) is 0. The van der Waals surface area contributed by atoms with Crippen LogP contribution in [-0.4, -0.2) is 34.9 Å². The van der Waals surface area contributed by atoms with E-state index in [1.165, 1.54) is 39.0 Å². The molecule has 0 radical (unpaired) electrons. The Morgan fingerprint density at radius 2 is 2.00 bits per heavy atom. The van der Waals surface area contributed by atoms with Gasteiger partial charge in [-0.15, -0.1) is 0 Å². The highest BCUT2D eigenvalue weighted by Gasteiger charge is 2.23. The zero-order chi connectivity index (χ0) is 11.3. The van der Waals surface area contributed by atoms with Gasteiger partial charge in [0.2, 0.25) is 0 Å². The quantitative estimate of drug-likeness (QED) is 0.639. The van der Waals surface area contributed by atoms with E-state index in [1.54, 1.807) is 0 Å². The van der Waals surface area contributed by atoms with Crippen LogP contribution in [0.3, 0.4) is 0 Å². The topological polar surface area (TPSA) is 69.6 Å². The molecule has 0 bridgehead atoms. The van der Waals surface area contributed by atoms with E-state index >= 15 is 0 Å². The molecule has 1 saturated carbocycles. The largest absolute Gasteiger partial charge is 0.480 e. The SMILES string of the molecule is C[C@@H](O)[C@H](NCC1CCCCC1)C(=O)O. The molecule has 0 unspecified atom stereocenters. The lowest BCUT2D eigenvalue weighted by Gasteiger charge is -2.24. The maximum atomic E-state index is 10.8. The summed E-state index contributed by atoms with van der Waals surface area (Å²) in [5, 5.41) is 21.1. The Balaban J connectivity index is 2.29. The molecule has 0 aliphatic heterocycles. The highest BCUT2D eigenvalue weighted by Crippen LogP contribution is 2.22. The van der Waals surface area contributed by atoms with Crippen LogP contribution in [-0.2, 0) is 4.79 Å². The standard InChI is InChI=1S/C11H21NO3/c1-8(13)10(11(14)15)12-7-9-5-3-2-4-6-9/h8-10,12-13H,2-7H2,1H3,(H,14,15)/t8-,10+/m1/s1. The van der Waals surface area contributed by atoms with Crippen molar-refractivity contribution in [1.82, 2.24) is 5.32 Å². The first-order valence-corrected chi connectivity index (χ1v) is 5.75. The number of carboxylic acid groups (broad SMARTS) is 1. The van der Waals surface area contributed by atoms with Crippen LogP contribution in [0.5, 0.6) is 0 Å². The van der Waals surface area contributed by atoms with Gasteiger partial charge in [0.25, 0.3) is 0 Å². The smallest absolute Gasteiger partial charge is 0.323 e. The number of aliphatic hydroxyl groups excluding tert-OH is 1. The molecule has 0 heterocycles. The fraction of sp³-hybridized carbons (Fsp3) is 0.909. The van der Waals surface area contributed by atoms with Crippen LogP contribution >= 0.6 is 0 Å². The van der Waals surface area contributed by atoms with Gasteiger partial charge < -0.3 is 15.5 Å². The van der Waals surface area contributed by atoms with Crippen LogP contribution in [0.2, 0.25) is 0 Å². The van der Waals surface area contributed by atoms with Crippen molar-refractivity contribution in [1.29, 1.82) is 0 Å². The van der Waals surface area contributed by atoms with Crippen LogP contribution in [0, 0.1) is 5.92 Å². The first kappa shape index (κ1) is 12.5. The average Bonchev–Trinajstić information content (AvgIpc) is 2.18. The lowest BCUT2D eigenvalue weighted by atomic mass is 9.89. The van der Waals surface area contributed by atoms with E-state index in [0.29, 0.717) is 12.5 Å². The highest BCUT2D eigenvalue weighted by molar-refractivity contribution is 5.74. The molecule has 0 aromatic carbocycles. The first-order valence-electron chi connectivity index (χ1n) is 5.75. The number of carboxylic acids is 1. The van der Waals surface area contributed by atoms with Crippen LogP contribution in [0.1, 0.15) is 39.0 Å². The van der Waals surface area contributed by atoms with E-state index in [4.69, 9.17) is 5.11 Å². The molecule has 1 fully saturated rings. The molecule has 3 N–H and O–H groups in total. The zero-order valence-electron chi connectivity index (χ0n) is 9.28. The van der Waals surface area contributed by atoms with Gasteiger partial charge in [0.1, 0.15) is 6.04 Å². The summed E-state index contributed by atoms with van der Waals surface area (Å²) in [6.45, 7) is 2.22. The Labute approximate surface area is 90.7 Å². The third-order valence-electron chi connectivity index (χ3n) is 3.10. The van der Waals surface area contributed by atoms with Gasteiger partial charge in [0.05, 0.1) is 6.10 Å². The minimum atomic E-state index is -0.971. The Kier molecular flexibility index (Phi) is 5.05. The van der Waals surface area contributed by atoms with E-state index in [-0.39, 0.29) is 0 Å². The van der Waals surface area contributed by atoms with Gasteiger partial charge >= 0.3 is 5.97 Å². The third-order valence-corrected chi connectivity index (χ3v) is 3.10. The van der Waals surface area contributed by atoms with Crippen molar-refractivity contribution in [3.8, 4) is 0 Å². The summed E-state index contributed by atoms with van der Waals surface area (Å²) in [6, 6.07) is -0.827. The number of nitrogens with one attached hydrogen (secondary N) is 1. The van der Waals surface area contributed by atoms with Crippen molar-refractivity contribution in [2.45, 2.75) is 51.2 Å². The summed E-state index contributed by atoms with van der Waals surface area (Å²) < 4.78 is 0. The molecular weight excluding hydrogens is 194 g/mol. The van der Waals surface area contributed by atoms with E-state index in [1.807, 2.05) is 0 Å². The monoisotopic (exact) mass is 215 g/mol. The Morgan fingerprint density at radius 1 is 1.40 bits per heavy atom. The molecule has 0 aromatic rings. The lowest BCUT2D eigenvalue weighted by molar-refractivity contribution is -0.142. The second-order valence-electron chi connectivity index (χ2n) is 4.47. The maximum absolute atomic E-state index is 10.8. The van der Waals surface area contributed by atoms with Crippen LogP contribution in [0.4, 0.5) is 0 Å². The van der Waals surface area contributed by atoms with Crippen LogP contribution in [0.15, 0.2) is 0 Å². The van der Waals surface area contributed by atoms with Gasteiger partial charge in [-0.25, -0.2) is 0 Å². The predicted molar refractivity (Wildman–Crippen MR) is 57.7 cm³/mol. The fourth-order valence-corrected chi connectivity index (χ4v) is 2.15. The molecule has 0 saturated heterocycles. The summed E-state index contributed by atoms with van der Waals surface area (Å²) in [4.78, 5) is 10.8. The Hall–Kier alpha value is -0.610. The molecule has 4 heteroatoms. The summed E-state index contributed by atoms with van der Waals surface area (Å²) in [6.07, 6.45) is 5.32. The highest BCUT2D eigenvalue weighted by atomic mass is 16.4. The van der Waals surface area contributed by atoms with Gasteiger partial charge in [0.15, 0.2) is 0 Å². The zero-order valence-corrected chi connectivity index (χ0v) is 9.28. The van der Waals surface area contributed by atoms with Crippen molar-refractivity contribution >= 4 is 5.97 Å². The predicted octanol–water partition coefficient (Wildman–Crippen LogP) is 0.990. The molecule has 0 aromatic heterocycles. The molecular formula is C11H21NO3. The third kappa shape index (κ3) is 4.18. The number of rotatable bonds is 5. The van der Waals surface area contributed by atoms with E-state index in [9.17, 15) is 9.90 Å². The molecule has 2 atom stereocenters. The van der Waals surface area contributed by atoms with E-state index < -0.39 is 18.1 Å². The first-order chi connectivity index (χ1) is 7.11. The van der Waals surface area contributed by atoms with Crippen molar-refractivity contribution in [3.63, 3.8) is 0 Å². The normalized spacial score (nSPS) is 22.3. The fourth-order valence-electron chi connectivity index (χ4n) is 2.15. The summed E-state index contributed by atoms with van der Waals surface area (Å²) >= 11 is 0. The van der Waals surface area contributed by atoms with Crippen molar-refractivity contribution < 1.29 is 15.0 Å². The summed E-state index contributed by atoms with van der Waals surface area (Å²) in [5.74, 6) is -0.389. The lowest BCUT2D eigenvalue weighted by Crippen LogP contribution is -2.46. The number of aliphatic carboxylic acids is 1. The second-order valence-corrected chi connectivity index (χ2v) is 4.47. The van der Waals surface area contributed by atoms with Crippen LogP contribution < -0.4 is 5.32 Å². The van der Waals surface area contributed by atoms with E-state index in [0.717, 1.165) is 0 Å². The van der Waals surface area contributed by atoms with Crippen molar-refractivity contribution in [3.05, 3.63) is 0 Å². The molecule has 88 valence electrons. The van der Waals surface area contributed by atoms with Crippen molar-refractivity contribution in [2.24, 2.45) is 5.92 Å². The average molecular weight is 215 g/mol. The maximum Gasteiger partial charge on any atom is 0.323 e. The van der Waals surface area contributed by atoms with Crippen molar-refractivity contribution in [2.75, 3.05) is 6.54 Å². The Bertz CT molecular complexity index is 200. The van der Waals surface area contributed by atoms with Gasteiger partial charge in [-0.2, -0.15) is 0 Å². The van der Waals surface area contributed by atoms with E-state index in [2.05, 4.69) is 5.32 Å². The molecule has 1 aliphatic rings. The Morgan fingerprint density at radius 3 is 2.47 bits per heavy atom. The summed E-state index contributed by atoms with van der Waals surface area (Å²) in [5.41, 5.74) is 0. The van der Waals surface area contributed by atoms with Gasteiger partial charge in [-0.1, -0.05) is 19.3 Å². The van der Waals surface area contributed by atoms with Gasteiger partial charge in [-0.3, -0.25) is 4.79 Å². The number of hydrogen-bond donors (Lipinski definition) is 3. The van der Waals surface area contributed by atoms with Crippen LogP contribution in [0.25, 0.3) is 0 Å². The number of aliphatic hydroxyl groups is 1. The molecule has 1 aliphatic carbocycles. The molecule has 0 spiro atoms. The van der Waals surface area contributed by atoms with Gasteiger partial charge in [0, 0.05) is 0 Å². The number of hydrogen-bond acceptors (Lipinski definition) is 3. The minimum absolute atomic E-state index is 0.583. The van der Waals surface area contributed by atoms with Gasteiger partial charge in [-0.05, 0) is 32.2 Å². The number of carbonyl (C=O) groups is 1. The molecule has 1 rings (SSSR count). The second kappa shape index (κ2) is 6.08. The minimum Gasteiger partial charge on any atom is -0.480 e. The molecule has 15 heavy (non-hydrogen) atoms. The molecule has 0 amide bonds. The molecule has 4 nitrogen and oxygen atoms in total.